The molecule has 2 amide bonds. The first kappa shape index (κ1) is 18.6. The number of amides is 2. The second-order valence-electron chi connectivity index (χ2n) is 7.54. The van der Waals surface area contributed by atoms with Crippen LogP contribution in [0.3, 0.4) is 0 Å². The Balaban J connectivity index is 1.33. The van der Waals surface area contributed by atoms with Crippen molar-refractivity contribution in [1.82, 2.24) is 10.2 Å². The maximum Gasteiger partial charge on any atom is 0.269 e. The molecule has 2 fully saturated rings. The average Bonchev–Trinajstić information content (AvgIpc) is 3.42. The minimum absolute atomic E-state index is 0.136. The summed E-state index contributed by atoms with van der Waals surface area (Å²) in [7, 11) is 0. The number of nitrogens with one attached hydrogen (secondary N) is 1. The minimum atomic E-state index is -0.485. The molecule has 2 heterocycles. The van der Waals surface area contributed by atoms with Gasteiger partial charge >= 0.3 is 0 Å². The molecule has 3 aliphatic rings. The van der Waals surface area contributed by atoms with Crippen molar-refractivity contribution in [3.05, 3.63) is 33.8 Å². The SMILES string of the molecule is O=C(NCC1CC1)C1=NOC2(CCN(C(=O)c3cccc(Cl)c3Cl)CC2)C1. The zero-order chi connectivity index (χ0) is 19.0. The van der Waals surface area contributed by atoms with E-state index in [2.05, 4.69) is 10.5 Å². The summed E-state index contributed by atoms with van der Waals surface area (Å²) >= 11 is 12.2. The molecule has 0 bridgehead atoms. The number of carbonyl (C=O) groups excluding carboxylic acids is 2. The number of nitrogens with zero attached hydrogens (tertiary/aromatic N) is 2. The molecule has 1 saturated carbocycles. The Morgan fingerprint density at radius 3 is 2.70 bits per heavy atom. The van der Waals surface area contributed by atoms with Crippen LogP contribution in [0.2, 0.25) is 10.0 Å². The lowest BCUT2D eigenvalue weighted by molar-refractivity contribution is -0.115. The van der Waals surface area contributed by atoms with Crippen molar-refractivity contribution in [1.29, 1.82) is 0 Å². The van der Waals surface area contributed by atoms with Gasteiger partial charge < -0.3 is 15.1 Å². The second-order valence-corrected chi connectivity index (χ2v) is 8.32. The zero-order valence-corrected chi connectivity index (χ0v) is 16.4. The van der Waals surface area contributed by atoms with Gasteiger partial charge in [0.05, 0.1) is 15.6 Å². The third-order valence-electron chi connectivity index (χ3n) is 5.49. The summed E-state index contributed by atoms with van der Waals surface area (Å²) in [6.07, 6.45) is 4.12. The number of likely N-dealkylation sites (tertiary alicyclic amines) is 1. The molecular weight excluding hydrogens is 389 g/mol. The van der Waals surface area contributed by atoms with Gasteiger partial charge in [0.1, 0.15) is 11.3 Å². The van der Waals surface area contributed by atoms with Crippen LogP contribution >= 0.6 is 23.2 Å². The first-order valence-corrected chi connectivity index (χ1v) is 10.00. The molecule has 1 N–H and O–H groups in total. The molecule has 1 aromatic rings. The molecule has 1 spiro atoms. The van der Waals surface area contributed by atoms with Crippen LogP contribution in [0, 0.1) is 5.92 Å². The highest BCUT2D eigenvalue weighted by atomic mass is 35.5. The number of carbonyl (C=O) groups is 2. The second kappa shape index (κ2) is 7.32. The highest BCUT2D eigenvalue weighted by molar-refractivity contribution is 6.43. The van der Waals surface area contributed by atoms with E-state index < -0.39 is 5.60 Å². The molecule has 6 nitrogen and oxygen atoms in total. The molecule has 0 unspecified atom stereocenters. The van der Waals surface area contributed by atoms with Gasteiger partial charge in [0, 0.05) is 38.9 Å². The largest absolute Gasteiger partial charge is 0.388 e. The number of hydrogen-bond donors (Lipinski definition) is 1. The molecule has 8 heteroatoms. The van der Waals surface area contributed by atoms with Gasteiger partial charge in [-0.25, -0.2) is 0 Å². The van der Waals surface area contributed by atoms with Gasteiger partial charge in [-0.2, -0.15) is 0 Å². The summed E-state index contributed by atoms with van der Waals surface area (Å²) < 4.78 is 0. The van der Waals surface area contributed by atoms with E-state index >= 15 is 0 Å². The zero-order valence-electron chi connectivity index (χ0n) is 14.8. The molecule has 2 aliphatic heterocycles. The van der Waals surface area contributed by atoms with E-state index in [9.17, 15) is 9.59 Å². The quantitative estimate of drug-likeness (QED) is 0.829. The summed E-state index contributed by atoms with van der Waals surface area (Å²) in [5, 5.41) is 7.60. The monoisotopic (exact) mass is 409 g/mol. The minimum Gasteiger partial charge on any atom is -0.388 e. The molecule has 27 heavy (non-hydrogen) atoms. The Labute approximate surface area is 167 Å². The third-order valence-corrected chi connectivity index (χ3v) is 6.31. The Bertz CT molecular complexity index is 799. The maximum absolute atomic E-state index is 12.8. The van der Waals surface area contributed by atoms with Crippen molar-refractivity contribution in [2.75, 3.05) is 19.6 Å². The summed E-state index contributed by atoms with van der Waals surface area (Å²) in [4.78, 5) is 32.4. The van der Waals surface area contributed by atoms with E-state index in [1.54, 1.807) is 23.1 Å². The highest BCUT2D eigenvalue weighted by Crippen LogP contribution is 2.36. The Morgan fingerprint density at radius 1 is 1.26 bits per heavy atom. The van der Waals surface area contributed by atoms with E-state index in [0.29, 0.717) is 61.1 Å². The number of oxime groups is 1. The molecule has 1 aliphatic carbocycles. The van der Waals surface area contributed by atoms with E-state index in [4.69, 9.17) is 28.0 Å². The smallest absolute Gasteiger partial charge is 0.269 e. The first-order chi connectivity index (χ1) is 13.0. The van der Waals surface area contributed by atoms with Gasteiger partial charge in [0.25, 0.3) is 11.8 Å². The Hall–Kier alpha value is -1.79. The molecule has 4 rings (SSSR count). The van der Waals surface area contributed by atoms with Crippen LogP contribution in [0.4, 0.5) is 0 Å². The lowest BCUT2D eigenvalue weighted by atomic mass is 9.86. The number of hydrogen-bond acceptors (Lipinski definition) is 4. The van der Waals surface area contributed by atoms with Crippen molar-refractivity contribution in [3.63, 3.8) is 0 Å². The van der Waals surface area contributed by atoms with Crippen molar-refractivity contribution >= 4 is 40.7 Å². The summed E-state index contributed by atoms with van der Waals surface area (Å²) in [5.41, 5.74) is 0.374. The van der Waals surface area contributed by atoms with Crippen molar-refractivity contribution in [3.8, 4) is 0 Å². The number of rotatable bonds is 4. The molecular formula is C19H21Cl2N3O3. The van der Waals surface area contributed by atoms with Crippen LogP contribution in [-0.4, -0.2) is 47.7 Å². The van der Waals surface area contributed by atoms with Crippen LogP contribution in [0.25, 0.3) is 0 Å². The maximum atomic E-state index is 12.8. The van der Waals surface area contributed by atoms with E-state index in [1.807, 2.05) is 0 Å². The average molecular weight is 410 g/mol. The highest BCUT2D eigenvalue weighted by Gasteiger charge is 2.44. The molecule has 0 radical (unpaired) electrons. The predicted octanol–water partition coefficient (Wildman–Crippen LogP) is 3.27. The van der Waals surface area contributed by atoms with Crippen LogP contribution in [0.5, 0.6) is 0 Å². The van der Waals surface area contributed by atoms with Gasteiger partial charge in [-0.15, -0.1) is 0 Å². The van der Waals surface area contributed by atoms with Gasteiger partial charge in [-0.1, -0.05) is 34.4 Å². The summed E-state index contributed by atoms with van der Waals surface area (Å²) in [5.74, 6) is 0.347. The fraction of sp³-hybridized carbons (Fsp3) is 0.526. The standard InChI is InChI=1S/C19H21Cl2N3O3/c20-14-3-1-2-13(16(14)21)18(26)24-8-6-19(7-9-24)10-15(23-27-19)17(25)22-11-12-4-5-12/h1-3,12H,4-11H2,(H,22,25). The van der Waals surface area contributed by atoms with E-state index in [-0.39, 0.29) is 16.8 Å². The molecule has 0 aromatic heterocycles. The van der Waals surface area contributed by atoms with Crippen molar-refractivity contribution < 1.29 is 14.4 Å². The topological polar surface area (TPSA) is 71.0 Å². The van der Waals surface area contributed by atoms with Crippen LogP contribution in [0.1, 0.15) is 42.5 Å². The number of piperidine rings is 1. The van der Waals surface area contributed by atoms with Gasteiger partial charge in [-0.05, 0) is 30.9 Å². The van der Waals surface area contributed by atoms with E-state index in [0.717, 1.165) is 0 Å². The first-order valence-electron chi connectivity index (χ1n) is 9.24. The lowest BCUT2D eigenvalue weighted by Crippen LogP contribution is -2.47. The fourth-order valence-electron chi connectivity index (χ4n) is 3.53. The Kier molecular flexibility index (Phi) is 5.03. The van der Waals surface area contributed by atoms with Gasteiger partial charge in [-0.3, -0.25) is 9.59 Å². The molecule has 0 atom stereocenters. The van der Waals surface area contributed by atoms with Crippen molar-refractivity contribution in [2.45, 2.75) is 37.7 Å². The fourth-order valence-corrected chi connectivity index (χ4v) is 3.91. The van der Waals surface area contributed by atoms with Gasteiger partial charge in [0.2, 0.25) is 0 Å². The number of benzene rings is 1. The van der Waals surface area contributed by atoms with Crippen molar-refractivity contribution in [2.24, 2.45) is 11.1 Å². The summed E-state index contributed by atoms with van der Waals surface area (Å²) in [6, 6.07) is 5.05. The normalized spacial score (nSPS) is 21.0. The van der Waals surface area contributed by atoms with Crippen LogP contribution in [-0.2, 0) is 9.63 Å². The lowest BCUT2D eigenvalue weighted by Gasteiger charge is -2.37. The predicted molar refractivity (Wildman–Crippen MR) is 103 cm³/mol. The Morgan fingerprint density at radius 2 is 2.00 bits per heavy atom. The molecule has 144 valence electrons. The number of halogens is 2. The summed E-state index contributed by atoms with van der Waals surface area (Å²) in [6.45, 7) is 1.76. The van der Waals surface area contributed by atoms with E-state index in [1.165, 1.54) is 12.8 Å². The molecule has 1 aromatic carbocycles. The van der Waals surface area contributed by atoms with Crippen LogP contribution < -0.4 is 5.32 Å². The third kappa shape index (κ3) is 3.92. The van der Waals surface area contributed by atoms with Crippen LogP contribution in [0.15, 0.2) is 23.4 Å². The molecule has 1 saturated heterocycles. The van der Waals surface area contributed by atoms with Gasteiger partial charge in [0.15, 0.2) is 0 Å².